The van der Waals surface area contributed by atoms with Gasteiger partial charge in [-0.2, -0.15) is 11.8 Å². The molecule has 3 N–H and O–H groups in total. The zero-order valence-corrected chi connectivity index (χ0v) is 11.6. The predicted octanol–water partition coefficient (Wildman–Crippen LogP) is 3.37. The second-order valence-electron chi connectivity index (χ2n) is 4.33. The first kappa shape index (κ1) is 13.0. The highest BCUT2D eigenvalue weighted by Gasteiger charge is 2.07. The highest BCUT2D eigenvalue weighted by Crippen LogP contribution is 2.28. The third kappa shape index (κ3) is 2.88. The van der Waals surface area contributed by atoms with Crippen LogP contribution in [0.1, 0.15) is 13.8 Å². The van der Waals surface area contributed by atoms with Crippen molar-refractivity contribution in [1.29, 1.82) is 0 Å². The molecule has 1 aromatic heterocycles. The van der Waals surface area contributed by atoms with Crippen LogP contribution in [0.4, 0.5) is 11.4 Å². The quantitative estimate of drug-likeness (QED) is 0.810. The molecule has 18 heavy (non-hydrogen) atoms. The minimum Gasteiger partial charge on any atom is -0.398 e. The molecule has 0 aliphatic rings. The van der Waals surface area contributed by atoms with E-state index in [9.17, 15) is 0 Å². The standard InChI is InChI=1S/C14H19N3S/c1-3-18-9-10(2)17-14-5-4-13(15)12-8-16-7-6-11(12)14/h4-8,10,17H,3,9,15H2,1-2H3. The highest BCUT2D eigenvalue weighted by atomic mass is 32.2. The Morgan fingerprint density at radius 3 is 2.94 bits per heavy atom. The number of pyridine rings is 1. The fraction of sp³-hybridized carbons (Fsp3) is 0.357. The van der Waals surface area contributed by atoms with Crippen molar-refractivity contribution in [3.05, 3.63) is 30.6 Å². The molecule has 4 heteroatoms. The van der Waals surface area contributed by atoms with Crippen LogP contribution in [0.25, 0.3) is 10.8 Å². The van der Waals surface area contributed by atoms with Crippen molar-refractivity contribution in [3.8, 4) is 0 Å². The summed E-state index contributed by atoms with van der Waals surface area (Å²) in [5.41, 5.74) is 7.87. The van der Waals surface area contributed by atoms with E-state index in [-0.39, 0.29) is 0 Å². The van der Waals surface area contributed by atoms with Crippen LogP contribution in [0.2, 0.25) is 0 Å². The summed E-state index contributed by atoms with van der Waals surface area (Å²) < 4.78 is 0. The van der Waals surface area contributed by atoms with Gasteiger partial charge in [-0.3, -0.25) is 4.98 Å². The van der Waals surface area contributed by atoms with Gasteiger partial charge in [-0.05, 0) is 30.9 Å². The van der Waals surface area contributed by atoms with E-state index >= 15 is 0 Å². The van der Waals surface area contributed by atoms with Crippen LogP contribution >= 0.6 is 11.8 Å². The molecule has 3 nitrogen and oxygen atoms in total. The first-order valence-electron chi connectivity index (χ1n) is 6.19. The number of thioether (sulfide) groups is 1. The van der Waals surface area contributed by atoms with Gasteiger partial charge in [0.2, 0.25) is 0 Å². The first-order valence-corrected chi connectivity index (χ1v) is 7.34. The summed E-state index contributed by atoms with van der Waals surface area (Å²) in [5, 5.41) is 5.69. The number of nitrogen functional groups attached to an aromatic ring is 1. The van der Waals surface area contributed by atoms with Gasteiger partial charge in [0.25, 0.3) is 0 Å². The maximum atomic E-state index is 5.96. The molecule has 96 valence electrons. The third-order valence-corrected chi connectivity index (χ3v) is 3.97. The number of nitrogens with one attached hydrogen (secondary N) is 1. The molecule has 0 amide bonds. The van der Waals surface area contributed by atoms with Crippen molar-refractivity contribution in [1.82, 2.24) is 4.98 Å². The summed E-state index contributed by atoms with van der Waals surface area (Å²) in [6, 6.07) is 6.43. The van der Waals surface area contributed by atoms with E-state index in [1.54, 1.807) is 6.20 Å². The van der Waals surface area contributed by atoms with Gasteiger partial charge in [-0.15, -0.1) is 0 Å². The molecular weight excluding hydrogens is 242 g/mol. The number of hydrogen-bond donors (Lipinski definition) is 2. The van der Waals surface area contributed by atoms with Gasteiger partial charge >= 0.3 is 0 Å². The average molecular weight is 261 g/mol. The van der Waals surface area contributed by atoms with Crippen LogP contribution in [-0.4, -0.2) is 22.5 Å². The number of anilines is 2. The summed E-state index contributed by atoms with van der Waals surface area (Å²) in [4.78, 5) is 4.13. The molecule has 1 atom stereocenters. The molecule has 0 saturated carbocycles. The van der Waals surface area contributed by atoms with E-state index in [1.807, 2.05) is 36.2 Å². The van der Waals surface area contributed by atoms with Gasteiger partial charge in [0.05, 0.1) is 0 Å². The van der Waals surface area contributed by atoms with E-state index in [4.69, 9.17) is 5.73 Å². The van der Waals surface area contributed by atoms with E-state index in [0.717, 1.165) is 33.7 Å². The molecule has 2 rings (SSSR count). The molecule has 0 aliphatic carbocycles. The normalized spacial score (nSPS) is 12.6. The Morgan fingerprint density at radius 1 is 1.33 bits per heavy atom. The number of benzene rings is 1. The SMILES string of the molecule is CCSCC(C)Nc1ccc(N)c2cnccc12. The Bertz CT molecular complexity index is 527. The Kier molecular flexibility index (Phi) is 4.31. The van der Waals surface area contributed by atoms with Gasteiger partial charge in [0.15, 0.2) is 0 Å². The Hall–Kier alpha value is -1.42. The zero-order valence-electron chi connectivity index (χ0n) is 10.8. The lowest BCUT2D eigenvalue weighted by atomic mass is 10.1. The molecule has 0 radical (unpaired) electrons. The van der Waals surface area contributed by atoms with Gasteiger partial charge in [0.1, 0.15) is 0 Å². The van der Waals surface area contributed by atoms with E-state index in [1.165, 1.54) is 0 Å². The maximum Gasteiger partial charge on any atom is 0.0424 e. The summed E-state index contributed by atoms with van der Waals surface area (Å²) in [6.45, 7) is 4.38. The molecule has 1 heterocycles. The molecule has 0 saturated heterocycles. The number of aromatic nitrogens is 1. The lowest BCUT2D eigenvalue weighted by molar-refractivity contribution is 0.915. The molecule has 2 aromatic rings. The Balaban J connectivity index is 2.26. The zero-order chi connectivity index (χ0) is 13.0. The van der Waals surface area contributed by atoms with Crippen molar-refractivity contribution < 1.29 is 0 Å². The van der Waals surface area contributed by atoms with Crippen molar-refractivity contribution >= 4 is 33.9 Å². The number of nitrogens with zero attached hydrogens (tertiary/aromatic N) is 1. The molecule has 0 aliphatic heterocycles. The first-order chi connectivity index (χ1) is 8.72. The lowest BCUT2D eigenvalue weighted by Crippen LogP contribution is -2.18. The third-order valence-electron chi connectivity index (χ3n) is 2.83. The number of nitrogens with two attached hydrogens (primary N) is 1. The fourth-order valence-electron chi connectivity index (χ4n) is 1.94. The van der Waals surface area contributed by atoms with Crippen molar-refractivity contribution in [2.24, 2.45) is 0 Å². The summed E-state index contributed by atoms with van der Waals surface area (Å²) in [5.74, 6) is 2.26. The molecular formula is C14H19N3S. The van der Waals surface area contributed by atoms with E-state index in [0.29, 0.717) is 6.04 Å². The molecule has 0 spiro atoms. The Morgan fingerprint density at radius 2 is 2.17 bits per heavy atom. The monoisotopic (exact) mass is 261 g/mol. The smallest absolute Gasteiger partial charge is 0.0424 e. The molecule has 0 fully saturated rings. The van der Waals surface area contributed by atoms with Crippen molar-refractivity contribution in [2.45, 2.75) is 19.9 Å². The lowest BCUT2D eigenvalue weighted by Gasteiger charge is -2.17. The maximum absolute atomic E-state index is 5.96. The average Bonchev–Trinajstić information content (AvgIpc) is 2.40. The van der Waals surface area contributed by atoms with Gasteiger partial charge in [-0.1, -0.05) is 6.92 Å². The van der Waals surface area contributed by atoms with Crippen LogP contribution in [0.15, 0.2) is 30.6 Å². The summed E-state index contributed by atoms with van der Waals surface area (Å²) in [6.07, 6.45) is 3.62. The summed E-state index contributed by atoms with van der Waals surface area (Å²) in [7, 11) is 0. The van der Waals surface area contributed by atoms with Crippen molar-refractivity contribution in [2.75, 3.05) is 22.6 Å². The minimum atomic E-state index is 0.440. The van der Waals surface area contributed by atoms with E-state index in [2.05, 4.69) is 24.1 Å². The topological polar surface area (TPSA) is 50.9 Å². The van der Waals surface area contributed by atoms with Gasteiger partial charge in [-0.25, -0.2) is 0 Å². The molecule has 1 unspecified atom stereocenters. The number of fused-ring (bicyclic) bond motifs is 1. The second kappa shape index (κ2) is 5.96. The van der Waals surface area contributed by atoms with Crippen LogP contribution in [-0.2, 0) is 0 Å². The second-order valence-corrected chi connectivity index (χ2v) is 5.65. The van der Waals surface area contributed by atoms with Crippen LogP contribution < -0.4 is 11.1 Å². The highest BCUT2D eigenvalue weighted by molar-refractivity contribution is 7.99. The largest absolute Gasteiger partial charge is 0.398 e. The Labute approximate surface area is 112 Å². The number of rotatable bonds is 5. The molecule has 1 aromatic carbocycles. The van der Waals surface area contributed by atoms with Gasteiger partial charge < -0.3 is 11.1 Å². The van der Waals surface area contributed by atoms with E-state index < -0.39 is 0 Å². The van der Waals surface area contributed by atoms with Crippen LogP contribution in [0.5, 0.6) is 0 Å². The van der Waals surface area contributed by atoms with Crippen LogP contribution in [0.3, 0.4) is 0 Å². The minimum absolute atomic E-state index is 0.440. The predicted molar refractivity (Wildman–Crippen MR) is 82.2 cm³/mol. The van der Waals surface area contributed by atoms with Crippen LogP contribution in [0, 0.1) is 0 Å². The van der Waals surface area contributed by atoms with Gasteiger partial charge in [0, 0.05) is 46.3 Å². The molecule has 0 bridgehead atoms. The number of hydrogen-bond acceptors (Lipinski definition) is 4. The summed E-state index contributed by atoms with van der Waals surface area (Å²) >= 11 is 1.94. The fourth-order valence-corrected chi connectivity index (χ4v) is 2.61. The van der Waals surface area contributed by atoms with Crippen molar-refractivity contribution in [3.63, 3.8) is 0 Å².